The number of halogens is 2. The number of nitrogens with zero attached hydrogens (tertiary/aromatic N) is 4. The van der Waals surface area contributed by atoms with Crippen LogP contribution in [0.2, 0.25) is 0 Å². The van der Waals surface area contributed by atoms with E-state index < -0.39 is 23.9 Å². The van der Waals surface area contributed by atoms with Gasteiger partial charge in [-0.15, -0.1) is 0 Å². The minimum Gasteiger partial charge on any atom is -0.338 e. The summed E-state index contributed by atoms with van der Waals surface area (Å²) >= 11 is 0. The number of carbonyl (C=O) groups excluding carboxylic acids is 1. The minimum absolute atomic E-state index is 0.190. The van der Waals surface area contributed by atoms with Crippen LogP contribution in [-0.4, -0.2) is 31.6 Å². The molecule has 3 aromatic heterocycles. The second kappa shape index (κ2) is 9.47. The van der Waals surface area contributed by atoms with Gasteiger partial charge < -0.3 is 9.88 Å². The van der Waals surface area contributed by atoms with Gasteiger partial charge >= 0.3 is 0 Å². The van der Waals surface area contributed by atoms with E-state index >= 15 is 0 Å². The molecule has 1 aromatic carbocycles. The number of pyridine rings is 2. The fraction of sp³-hybridized carbons (Fsp3) is 0.185. The van der Waals surface area contributed by atoms with E-state index in [1.807, 2.05) is 0 Å². The minimum atomic E-state index is -1.00. The number of aryl methyl sites for hydroxylation is 1. The molecule has 1 unspecified atom stereocenters. The largest absolute Gasteiger partial charge is 0.338 e. The van der Waals surface area contributed by atoms with Crippen LogP contribution in [0.3, 0.4) is 0 Å². The van der Waals surface area contributed by atoms with Crippen molar-refractivity contribution in [3.05, 3.63) is 113 Å². The fourth-order valence-electron chi connectivity index (χ4n) is 4.14. The lowest BCUT2D eigenvalue weighted by molar-refractivity contribution is 0.0937. The number of imidazole rings is 1. The Morgan fingerprint density at radius 3 is 2.63 bits per heavy atom. The lowest BCUT2D eigenvalue weighted by Gasteiger charge is -2.19. The normalized spacial score (nSPS) is 15.1. The van der Waals surface area contributed by atoms with Crippen LogP contribution in [0.5, 0.6) is 0 Å². The van der Waals surface area contributed by atoms with Crippen LogP contribution in [0.15, 0.2) is 67.3 Å². The number of alkyl halides is 1. The van der Waals surface area contributed by atoms with Crippen LogP contribution in [0, 0.1) is 24.6 Å². The number of hydrogen-bond donors (Lipinski definition) is 1. The van der Waals surface area contributed by atoms with Crippen molar-refractivity contribution in [1.29, 1.82) is 0 Å². The summed E-state index contributed by atoms with van der Waals surface area (Å²) in [6.45, 7) is 2.01. The van der Waals surface area contributed by atoms with Crippen molar-refractivity contribution < 1.29 is 13.6 Å². The maximum absolute atomic E-state index is 14.0. The molecule has 0 saturated heterocycles. The van der Waals surface area contributed by atoms with Crippen molar-refractivity contribution in [2.75, 3.05) is 0 Å². The topological polar surface area (TPSA) is 72.7 Å². The Labute approximate surface area is 201 Å². The van der Waals surface area contributed by atoms with Gasteiger partial charge in [0.15, 0.2) is 0 Å². The van der Waals surface area contributed by atoms with Crippen molar-refractivity contribution >= 4 is 5.91 Å². The molecule has 0 spiro atoms. The highest BCUT2D eigenvalue weighted by atomic mass is 19.1. The second-order valence-electron chi connectivity index (χ2n) is 8.36. The zero-order chi connectivity index (χ0) is 24.4. The van der Waals surface area contributed by atoms with Gasteiger partial charge in [0.25, 0.3) is 5.91 Å². The van der Waals surface area contributed by atoms with Crippen molar-refractivity contribution in [1.82, 2.24) is 24.8 Å². The van der Waals surface area contributed by atoms with E-state index in [4.69, 9.17) is 0 Å². The quantitative estimate of drug-likeness (QED) is 0.460. The molecule has 0 aliphatic carbocycles. The van der Waals surface area contributed by atoms with Gasteiger partial charge in [-0.1, -0.05) is 24.0 Å². The molecule has 1 N–H and O–H groups in total. The lowest BCUT2D eigenvalue weighted by atomic mass is 10.0. The zero-order valence-electron chi connectivity index (χ0n) is 18.9. The maximum Gasteiger partial charge on any atom is 0.270 e. The highest BCUT2D eigenvalue weighted by Crippen LogP contribution is 2.29. The predicted octanol–water partition coefficient (Wildman–Crippen LogP) is 3.93. The van der Waals surface area contributed by atoms with Crippen LogP contribution in [0.1, 0.15) is 50.3 Å². The van der Waals surface area contributed by atoms with E-state index in [0.29, 0.717) is 28.2 Å². The van der Waals surface area contributed by atoms with Gasteiger partial charge in [-0.05, 0) is 48.9 Å². The third kappa shape index (κ3) is 4.94. The van der Waals surface area contributed by atoms with Crippen molar-refractivity contribution in [3.63, 3.8) is 0 Å². The number of benzene rings is 1. The molecule has 0 radical (unpaired) electrons. The fourth-order valence-corrected chi connectivity index (χ4v) is 4.14. The summed E-state index contributed by atoms with van der Waals surface area (Å²) in [5, 5.41) is 2.97. The van der Waals surface area contributed by atoms with Gasteiger partial charge in [0.05, 0.1) is 24.6 Å². The third-order valence-electron chi connectivity index (χ3n) is 5.76. The maximum atomic E-state index is 14.0. The first-order chi connectivity index (χ1) is 17.0. The Bertz CT molecular complexity index is 1440. The van der Waals surface area contributed by atoms with Crippen molar-refractivity contribution in [2.45, 2.75) is 32.1 Å². The zero-order valence-corrected chi connectivity index (χ0v) is 18.9. The van der Waals surface area contributed by atoms with E-state index in [0.717, 1.165) is 5.56 Å². The number of fused-ring (bicyclic) bond motifs is 1. The molecule has 1 aliphatic heterocycles. The Hall–Kier alpha value is -4.38. The summed E-state index contributed by atoms with van der Waals surface area (Å²) in [5.74, 6) is 5.27. The first-order valence-corrected chi connectivity index (χ1v) is 11.1. The van der Waals surface area contributed by atoms with Crippen molar-refractivity contribution in [3.8, 4) is 11.8 Å². The van der Waals surface area contributed by atoms with Crippen LogP contribution in [0.4, 0.5) is 8.78 Å². The van der Waals surface area contributed by atoms with Crippen LogP contribution in [-0.2, 0) is 13.0 Å². The predicted molar refractivity (Wildman–Crippen MR) is 126 cm³/mol. The van der Waals surface area contributed by atoms with Crippen LogP contribution < -0.4 is 5.32 Å². The molecule has 35 heavy (non-hydrogen) atoms. The molecule has 0 bridgehead atoms. The van der Waals surface area contributed by atoms with E-state index in [2.05, 4.69) is 32.1 Å². The molecule has 0 saturated carbocycles. The van der Waals surface area contributed by atoms with Crippen LogP contribution in [0.25, 0.3) is 0 Å². The van der Waals surface area contributed by atoms with Gasteiger partial charge in [-0.2, -0.15) is 0 Å². The van der Waals surface area contributed by atoms with Gasteiger partial charge in [0, 0.05) is 41.3 Å². The number of carbonyl (C=O) groups is 1. The standard InChI is InChI=1S/C27H21F2N5O/c1-17-12-19(3-2-18-8-10-30-11-9-18)13-23(32-17)27(35)33-25(20-4-6-21(28)7-5-20)26-24-14-22(29)15-34(24)16-31-26/h4-13,16,22,25H,14-15H2,1H3,(H,33,35)/t22-,25?/m1/s1. The number of aromatic nitrogens is 4. The molecular formula is C27H21F2N5O. The Morgan fingerprint density at radius 2 is 1.86 bits per heavy atom. The summed E-state index contributed by atoms with van der Waals surface area (Å²) in [7, 11) is 0. The van der Waals surface area contributed by atoms with E-state index in [-0.39, 0.29) is 18.7 Å². The summed E-state index contributed by atoms with van der Waals surface area (Å²) < 4.78 is 29.4. The van der Waals surface area contributed by atoms with Gasteiger partial charge in [-0.3, -0.25) is 9.78 Å². The Morgan fingerprint density at radius 1 is 1.11 bits per heavy atom. The molecule has 1 amide bonds. The first-order valence-electron chi connectivity index (χ1n) is 11.1. The lowest BCUT2D eigenvalue weighted by Crippen LogP contribution is -2.31. The summed E-state index contributed by atoms with van der Waals surface area (Å²) in [4.78, 5) is 26.1. The van der Waals surface area contributed by atoms with Crippen LogP contribution >= 0.6 is 0 Å². The molecule has 4 aromatic rings. The average molecular weight is 469 g/mol. The average Bonchev–Trinajstić information content (AvgIpc) is 3.41. The van der Waals surface area contributed by atoms with E-state index in [1.165, 1.54) is 12.1 Å². The smallest absolute Gasteiger partial charge is 0.270 e. The monoisotopic (exact) mass is 469 g/mol. The molecule has 2 atom stereocenters. The van der Waals surface area contributed by atoms with Crippen molar-refractivity contribution in [2.24, 2.45) is 0 Å². The van der Waals surface area contributed by atoms with Gasteiger partial charge in [-0.25, -0.2) is 18.7 Å². The molecule has 6 nitrogen and oxygen atoms in total. The molecular weight excluding hydrogens is 448 g/mol. The Kier molecular flexibility index (Phi) is 6.06. The molecule has 174 valence electrons. The highest BCUT2D eigenvalue weighted by molar-refractivity contribution is 5.93. The number of rotatable bonds is 4. The van der Waals surface area contributed by atoms with E-state index in [9.17, 15) is 13.6 Å². The SMILES string of the molecule is Cc1cc(C#Cc2ccncc2)cc(C(=O)NC(c2ccc(F)cc2)c2ncn3c2C[C@@H](F)C3)n1. The molecule has 8 heteroatoms. The molecule has 4 heterocycles. The first kappa shape index (κ1) is 22.4. The van der Waals surface area contributed by atoms with E-state index in [1.54, 1.807) is 66.6 Å². The Balaban J connectivity index is 1.47. The number of amides is 1. The molecule has 5 rings (SSSR count). The number of hydrogen-bond acceptors (Lipinski definition) is 4. The van der Waals surface area contributed by atoms with Gasteiger partial charge in [0.2, 0.25) is 0 Å². The summed E-state index contributed by atoms with van der Waals surface area (Å²) in [6.07, 6.45) is 4.10. The molecule has 1 aliphatic rings. The summed E-state index contributed by atoms with van der Waals surface area (Å²) in [5.41, 5.74) is 4.16. The third-order valence-corrected chi connectivity index (χ3v) is 5.76. The molecule has 0 fully saturated rings. The highest BCUT2D eigenvalue weighted by Gasteiger charge is 2.30. The summed E-state index contributed by atoms with van der Waals surface area (Å²) in [6, 6.07) is 12.1. The second-order valence-corrected chi connectivity index (χ2v) is 8.36. The van der Waals surface area contributed by atoms with Gasteiger partial charge in [0.1, 0.15) is 17.7 Å². The number of nitrogens with one attached hydrogen (secondary N) is 1.